The molecule has 1 saturated carbocycles. The van der Waals surface area contributed by atoms with Crippen LogP contribution in [-0.4, -0.2) is 72.6 Å². The summed E-state index contributed by atoms with van der Waals surface area (Å²) in [4.78, 5) is 17.4. The van der Waals surface area contributed by atoms with Crippen LogP contribution in [0.25, 0.3) is 0 Å². The average Bonchev–Trinajstić information content (AvgIpc) is 3.31. The van der Waals surface area contributed by atoms with Crippen molar-refractivity contribution < 1.29 is 13.2 Å². The number of rotatable bonds is 6. The maximum Gasteiger partial charge on any atom is 0.263 e. The molecule has 0 spiro atoms. The predicted octanol–water partition coefficient (Wildman–Crippen LogP) is 3.44. The van der Waals surface area contributed by atoms with E-state index in [1.807, 2.05) is 6.92 Å². The van der Waals surface area contributed by atoms with Crippen molar-refractivity contribution in [1.82, 2.24) is 19.0 Å². The van der Waals surface area contributed by atoms with Crippen LogP contribution in [0, 0.1) is 13.8 Å². The van der Waals surface area contributed by atoms with Gasteiger partial charge in [-0.05, 0) is 50.8 Å². The smallest absolute Gasteiger partial charge is 0.263 e. The van der Waals surface area contributed by atoms with Crippen LogP contribution >= 0.6 is 0 Å². The number of amides is 1. The number of nitrogens with zero attached hydrogens (tertiary/aromatic N) is 5. The van der Waals surface area contributed by atoms with Crippen molar-refractivity contribution in [2.24, 2.45) is 0 Å². The zero-order valence-electron chi connectivity index (χ0n) is 20.8. The van der Waals surface area contributed by atoms with E-state index in [-0.39, 0.29) is 22.5 Å². The fourth-order valence-electron chi connectivity index (χ4n) is 5.08. The summed E-state index contributed by atoms with van der Waals surface area (Å²) in [5.74, 6) is -0.251. The molecule has 2 aromatic rings. The molecule has 1 amide bonds. The SMILES string of the molecule is CCn1cc(C(=O)N(C)C2CCCCC2)c(S(=O)(=O)N2CCN(c3cc(C)ccc3C)CC2)n1. The lowest BCUT2D eigenvalue weighted by molar-refractivity contribution is 0.0692. The zero-order chi connectivity index (χ0) is 24.5. The maximum absolute atomic E-state index is 13.7. The van der Waals surface area contributed by atoms with Crippen molar-refractivity contribution in [3.63, 3.8) is 0 Å². The lowest BCUT2D eigenvalue weighted by Gasteiger charge is -2.36. The Labute approximate surface area is 203 Å². The number of aryl methyl sites for hydroxylation is 3. The highest BCUT2D eigenvalue weighted by Crippen LogP contribution is 2.28. The second-order valence-electron chi connectivity index (χ2n) is 9.59. The standard InChI is InChI=1S/C25H37N5O3S/c1-5-29-18-22(25(31)27(4)21-9-7-6-8-10-21)24(26-29)34(32,33)30-15-13-28(14-16-30)23-17-19(2)11-12-20(23)3/h11-12,17-18,21H,5-10,13-16H2,1-4H3. The summed E-state index contributed by atoms with van der Waals surface area (Å²) in [5.41, 5.74) is 3.71. The number of aromatic nitrogens is 2. The van der Waals surface area contributed by atoms with Gasteiger partial charge in [0.2, 0.25) is 5.03 Å². The lowest BCUT2D eigenvalue weighted by Crippen LogP contribution is -2.49. The van der Waals surface area contributed by atoms with Crippen LogP contribution in [0.5, 0.6) is 0 Å². The Hall–Kier alpha value is -2.39. The van der Waals surface area contributed by atoms with Crippen LogP contribution in [-0.2, 0) is 16.6 Å². The van der Waals surface area contributed by atoms with Crippen LogP contribution in [0.15, 0.2) is 29.4 Å². The number of carbonyl (C=O) groups is 1. The molecule has 0 bridgehead atoms. The molecule has 1 aromatic carbocycles. The van der Waals surface area contributed by atoms with E-state index in [0.29, 0.717) is 32.7 Å². The minimum absolute atomic E-state index is 0.109. The molecule has 1 aromatic heterocycles. The molecule has 4 rings (SSSR count). The monoisotopic (exact) mass is 487 g/mol. The van der Waals surface area contributed by atoms with Gasteiger partial charge in [0.05, 0.1) is 5.56 Å². The molecule has 9 heteroatoms. The fraction of sp³-hybridized carbons (Fsp3) is 0.600. The molecule has 2 heterocycles. The second kappa shape index (κ2) is 10.1. The third kappa shape index (κ3) is 4.86. The molecule has 0 atom stereocenters. The van der Waals surface area contributed by atoms with Gasteiger partial charge >= 0.3 is 0 Å². The van der Waals surface area contributed by atoms with Crippen molar-refractivity contribution >= 4 is 21.6 Å². The van der Waals surface area contributed by atoms with Crippen LogP contribution < -0.4 is 4.90 Å². The van der Waals surface area contributed by atoms with Crippen LogP contribution in [0.2, 0.25) is 0 Å². The minimum Gasteiger partial charge on any atom is -0.369 e. The van der Waals surface area contributed by atoms with Crippen LogP contribution in [0.3, 0.4) is 0 Å². The summed E-state index contributed by atoms with van der Waals surface area (Å²) >= 11 is 0. The van der Waals surface area contributed by atoms with Crippen LogP contribution in [0.4, 0.5) is 5.69 Å². The molecule has 1 aliphatic carbocycles. The number of hydrogen-bond acceptors (Lipinski definition) is 5. The molecule has 1 aliphatic heterocycles. The maximum atomic E-state index is 13.7. The molecule has 8 nitrogen and oxygen atoms in total. The third-order valence-electron chi connectivity index (χ3n) is 7.25. The van der Waals surface area contributed by atoms with E-state index in [1.54, 1.807) is 22.8 Å². The molecule has 0 N–H and O–H groups in total. The molecule has 2 fully saturated rings. The van der Waals surface area contributed by atoms with Gasteiger partial charge in [-0.25, -0.2) is 8.42 Å². The number of hydrogen-bond donors (Lipinski definition) is 0. The molecule has 2 aliphatic rings. The summed E-state index contributed by atoms with van der Waals surface area (Å²) in [5, 5.41) is 4.24. The number of sulfonamides is 1. The number of anilines is 1. The first-order valence-electron chi connectivity index (χ1n) is 12.4. The zero-order valence-corrected chi connectivity index (χ0v) is 21.6. The van der Waals surface area contributed by atoms with Gasteiger partial charge in [-0.3, -0.25) is 9.48 Å². The van der Waals surface area contributed by atoms with Gasteiger partial charge < -0.3 is 9.80 Å². The van der Waals surface area contributed by atoms with E-state index in [4.69, 9.17) is 0 Å². The highest BCUT2D eigenvalue weighted by Gasteiger charge is 2.36. The van der Waals surface area contributed by atoms with E-state index in [1.165, 1.54) is 21.9 Å². The van der Waals surface area contributed by atoms with Crippen molar-refractivity contribution in [1.29, 1.82) is 0 Å². The third-order valence-corrected chi connectivity index (χ3v) is 9.09. The minimum atomic E-state index is -3.89. The van der Waals surface area contributed by atoms with Crippen molar-refractivity contribution in [2.45, 2.75) is 70.5 Å². The Kier molecular flexibility index (Phi) is 7.33. The lowest BCUT2D eigenvalue weighted by atomic mass is 9.94. The van der Waals surface area contributed by atoms with Crippen molar-refractivity contribution in [3.8, 4) is 0 Å². The van der Waals surface area contributed by atoms with Crippen LogP contribution in [0.1, 0.15) is 60.5 Å². The van der Waals surface area contributed by atoms with Gasteiger partial charge in [0.15, 0.2) is 0 Å². The van der Waals surface area contributed by atoms with E-state index in [0.717, 1.165) is 31.4 Å². The molecular weight excluding hydrogens is 450 g/mol. The van der Waals surface area contributed by atoms with Gasteiger partial charge in [-0.15, -0.1) is 0 Å². The first-order chi connectivity index (χ1) is 16.2. The highest BCUT2D eigenvalue weighted by molar-refractivity contribution is 7.89. The fourth-order valence-corrected chi connectivity index (χ4v) is 6.59. The van der Waals surface area contributed by atoms with E-state index in [2.05, 4.69) is 42.0 Å². The molecule has 0 radical (unpaired) electrons. The Balaban J connectivity index is 1.55. The molecule has 186 valence electrons. The van der Waals surface area contributed by atoms with Gasteiger partial charge in [-0.2, -0.15) is 9.40 Å². The first kappa shape index (κ1) is 24.7. The van der Waals surface area contributed by atoms with Gasteiger partial charge in [0.25, 0.3) is 15.9 Å². The molecule has 34 heavy (non-hydrogen) atoms. The second-order valence-corrected chi connectivity index (χ2v) is 11.4. The normalized spacial score (nSPS) is 18.3. The van der Waals surface area contributed by atoms with E-state index in [9.17, 15) is 13.2 Å². The topological polar surface area (TPSA) is 78.8 Å². The molecular formula is C25H37N5O3S. The molecule has 1 saturated heterocycles. The Morgan fingerprint density at radius 2 is 1.76 bits per heavy atom. The van der Waals surface area contributed by atoms with Gasteiger partial charge in [0, 0.05) is 57.7 Å². The van der Waals surface area contributed by atoms with Gasteiger partial charge in [-0.1, -0.05) is 31.4 Å². The summed E-state index contributed by atoms with van der Waals surface area (Å²) in [6, 6.07) is 6.50. The van der Waals surface area contributed by atoms with E-state index >= 15 is 0 Å². The van der Waals surface area contributed by atoms with Crippen molar-refractivity contribution in [3.05, 3.63) is 41.1 Å². The van der Waals surface area contributed by atoms with E-state index < -0.39 is 10.0 Å². The Morgan fingerprint density at radius 1 is 1.09 bits per heavy atom. The predicted molar refractivity (Wildman–Crippen MR) is 134 cm³/mol. The largest absolute Gasteiger partial charge is 0.369 e. The number of benzene rings is 1. The molecule has 0 unspecified atom stereocenters. The average molecular weight is 488 g/mol. The Bertz CT molecular complexity index is 1130. The Morgan fingerprint density at radius 3 is 2.41 bits per heavy atom. The quantitative estimate of drug-likeness (QED) is 0.624. The van der Waals surface area contributed by atoms with Crippen molar-refractivity contribution in [2.75, 3.05) is 38.1 Å². The number of carbonyl (C=O) groups excluding carboxylic acids is 1. The first-order valence-corrected chi connectivity index (χ1v) is 13.8. The van der Waals surface area contributed by atoms with Gasteiger partial charge in [0.1, 0.15) is 0 Å². The summed E-state index contributed by atoms with van der Waals surface area (Å²) < 4.78 is 30.4. The summed E-state index contributed by atoms with van der Waals surface area (Å²) in [6.07, 6.45) is 6.93. The number of piperazine rings is 1. The summed E-state index contributed by atoms with van der Waals surface area (Å²) in [7, 11) is -2.10. The summed E-state index contributed by atoms with van der Waals surface area (Å²) in [6.45, 7) is 8.47. The highest BCUT2D eigenvalue weighted by atomic mass is 32.2.